The summed E-state index contributed by atoms with van der Waals surface area (Å²) >= 11 is 3.43. The fourth-order valence-electron chi connectivity index (χ4n) is 2.75. The van der Waals surface area contributed by atoms with Crippen LogP contribution in [0.5, 0.6) is 0 Å². The van der Waals surface area contributed by atoms with E-state index in [-0.39, 0.29) is 17.9 Å². The van der Waals surface area contributed by atoms with Gasteiger partial charge in [0.1, 0.15) is 0 Å². The molecule has 0 saturated heterocycles. The third-order valence-corrected chi connectivity index (χ3v) is 4.58. The predicted molar refractivity (Wildman–Crippen MR) is 79.0 cm³/mol. The van der Waals surface area contributed by atoms with E-state index in [1.165, 1.54) is 0 Å². The zero-order chi connectivity index (χ0) is 13.9. The Kier molecular flexibility index (Phi) is 4.63. The zero-order valence-corrected chi connectivity index (χ0v) is 12.8. The molecule has 1 aromatic rings. The maximum atomic E-state index is 12.8. The molecule has 104 valence electrons. The van der Waals surface area contributed by atoms with Crippen LogP contribution < -0.4 is 0 Å². The first-order valence-electron chi connectivity index (χ1n) is 6.80. The molecule has 0 bridgehead atoms. The summed E-state index contributed by atoms with van der Waals surface area (Å²) in [5, 5.41) is 9.08. The van der Waals surface area contributed by atoms with Crippen LogP contribution in [0.3, 0.4) is 0 Å². The van der Waals surface area contributed by atoms with E-state index in [4.69, 9.17) is 5.11 Å². The summed E-state index contributed by atoms with van der Waals surface area (Å²) in [6, 6.07) is 8.05. The molecule has 0 aliphatic heterocycles. The Labute approximate surface area is 122 Å². The summed E-state index contributed by atoms with van der Waals surface area (Å²) in [4.78, 5) is 14.5. The third-order valence-electron chi connectivity index (χ3n) is 4.05. The quantitative estimate of drug-likeness (QED) is 0.904. The SMILES string of the molecule is CCN(CCO)C(=O)C1(c2ccc(Br)cc2)CCC1. The van der Waals surface area contributed by atoms with Gasteiger partial charge in [-0.05, 0) is 37.5 Å². The van der Waals surface area contributed by atoms with Gasteiger partial charge in [0.2, 0.25) is 5.91 Å². The van der Waals surface area contributed by atoms with E-state index in [9.17, 15) is 4.79 Å². The van der Waals surface area contributed by atoms with Gasteiger partial charge >= 0.3 is 0 Å². The standard InChI is InChI=1S/C15H20BrNO2/c1-2-17(10-11-18)14(19)15(8-3-9-15)12-4-6-13(16)7-5-12/h4-7,18H,2-3,8-11H2,1H3. The average Bonchev–Trinajstić information content (AvgIpc) is 2.36. The van der Waals surface area contributed by atoms with Crippen LogP contribution in [0.15, 0.2) is 28.7 Å². The number of hydrogen-bond acceptors (Lipinski definition) is 2. The number of halogens is 1. The molecule has 2 rings (SSSR count). The number of nitrogens with zero attached hydrogens (tertiary/aromatic N) is 1. The van der Waals surface area contributed by atoms with Crippen molar-refractivity contribution in [3.05, 3.63) is 34.3 Å². The van der Waals surface area contributed by atoms with E-state index in [0.717, 1.165) is 29.3 Å². The molecule has 1 fully saturated rings. The fourth-order valence-corrected chi connectivity index (χ4v) is 3.02. The zero-order valence-electron chi connectivity index (χ0n) is 11.2. The molecule has 3 nitrogen and oxygen atoms in total. The molecule has 0 spiro atoms. The maximum absolute atomic E-state index is 12.8. The summed E-state index contributed by atoms with van der Waals surface area (Å²) in [5.74, 6) is 0.164. The number of hydrogen-bond donors (Lipinski definition) is 1. The summed E-state index contributed by atoms with van der Waals surface area (Å²) in [7, 11) is 0. The third kappa shape index (κ3) is 2.70. The smallest absolute Gasteiger partial charge is 0.233 e. The van der Waals surface area contributed by atoms with E-state index in [1.54, 1.807) is 4.90 Å². The number of likely N-dealkylation sites (N-methyl/N-ethyl adjacent to an activating group) is 1. The van der Waals surface area contributed by atoms with Gasteiger partial charge in [-0.3, -0.25) is 4.79 Å². The first-order chi connectivity index (χ1) is 9.14. The van der Waals surface area contributed by atoms with Crippen molar-refractivity contribution < 1.29 is 9.90 Å². The van der Waals surface area contributed by atoms with Crippen molar-refractivity contribution in [1.82, 2.24) is 4.90 Å². The average molecular weight is 326 g/mol. The van der Waals surface area contributed by atoms with Crippen molar-refractivity contribution in [2.75, 3.05) is 19.7 Å². The van der Waals surface area contributed by atoms with Gasteiger partial charge in [0, 0.05) is 17.6 Å². The second kappa shape index (κ2) is 6.06. The summed E-state index contributed by atoms with van der Waals surface area (Å²) in [5.41, 5.74) is 0.745. The van der Waals surface area contributed by atoms with E-state index in [2.05, 4.69) is 15.9 Å². The Morgan fingerprint density at radius 2 is 2.00 bits per heavy atom. The van der Waals surface area contributed by atoms with Gasteiger partial charge in [-0.15, -0.1) is 0 Å². The van der Waals surface area contributed by atoms with Crippen LogP contribution in [0.1, 0.15) is 31.7 Å². The molecule has 4 heteroatoms. The van der Waals surface area contributed by atoms with Crippen molar-refractivity contribution in [3.8, 4) is 0 Å². The number of carbonyl (C=O) groups excluding carboxylic acids is 1. The number of amides is 1. The van der Waals surface area contributed by atoms with Gasteiger partial charge in [0.25, 0.3) is 0 Å². The monoisotopic (exact) mass is 325 g/mol. The Balaban J connectivity index is 2.27. The lowest BCUT2D eigenvalue weighted by Crippen LogP contribution is -2.51. The molecular formula is C15H20BrNO2. The molecule has 1 saturated carbocycles. The second-order valence-corrected chi connectivity index (χ2v) is 5.97. The number of aliphatic hydroxyl groups is 1. The summed E-state index contributed by atoms with van der Waals surface area (Å²) in [6.07, 6.45) is 2.92. The topological polar surface area (TPSA) is 40.5 Å². The van der Waals surface area contributed by atoms with Crippen LogP contribution in [-0.2, 0) is 10.2 Å². The summed E-state index contributed by atoms with van der Waals surface area (Å²) in [6.45, 7) is 3.06. The number of carbonyl (C=O) groups is 1. The molecule has 0 heterocycles. The van der Waals surface area contributed by atoms with Crippen molar-refractivity contribution in [3.63, 3.8) is 0 Å². The van der Waals surface area contributed by atoms with E-state index < -0.39 is 0 Å². The number of aliphatic hydroxyl groups excluding tert-OH is 1. The first kappa shape index (κ1) is 14.5. The highest BCUT2D eigenvalue weighted by molar-refractivity contribution is 9.10. The normalized spacial score (nSPS) is 16.8. The van der Waals surface area contributed by atoms with Gasteiger partial charge in [-0.2, -0.15) is 0 Å². The van der Waals surface area contributed by atoms with Crippen LogP contribution in [0.25, 0.3) is 0 Å². The molecule has 0 aromatic heterocycles. The van der Waals surface area contributed by atoms with Gasteiger partial charge in [0.05, 0.1) is 12.0 Å². The largest absolute Gasteiger partial charge is 0.395 e. The van der Waals surface area contributed by atoms with Crippen LogP contribution in [0.2, 0.25) is 0 Å². The van der Waals surface area contributed by atoms with Crippen molar-refractivity contribution in [2.24, 2.45) is 0 Å². The molecule has 0 atom stereocenters. The maximum Gasteiger partial charge on any atom is 0.233 e. The Hall–Kier alpha value is -0.870. The molecule has 0 unspecified atom stereocenters. The Morgan fingerprint density at radius 3 is 2.42 bits per heavy atom. The van der Waals surface area contributed by atoms with Gasteiger partial charge < -0.3 is 10.0 Å². The van der Waals surface area contributed by atoms with E-state index in [0.29, 0.717) is 13.1 Å². The molecule has 1 N–H and O–H groups in total. The van der Waals surface area contributed by atoms with Crippen LogP contribution in [0, 0.1) is 0 Å². The van der Waals surface area contributed by atoms with E-state index >= 15 is 0 Å². The predicted octanol–water partition coefficient (Wildman–Crippen LogP) is 2.71. The van der Waals surface area contributed by atoms with E-state index in [1.807, 2.05) is 31.2 Å². The van der Waals surface area contributed by atoms with Crippen molar-refractivity contribution >= 4 is 21.8 Å². The minimum absolute atomic E-state index is 0.0238. The summed E-state index contributed by atoms with van der Waals surface area (Å²) < 4.78 is 1.03. The minimum Gasteiger partial charge on any atom is -0.395 e. The molecular weight excluding hydrogens is 306 g/mol. The Bertz CT molecular complexity index is 440. The number of rotatable bonds is 5. The van der Waals surface area contributed by atoms with Crippen LogP contribution in [0.4, 0.5) is 0 Å². The molecule has 1 amide bonds. The highest BCUT2D eigenvalue weighted by atomic mass is 79.9. The molecule has 1 aliphatic rings. The van der Waals surface area contributed by atoms with Crippen molar-refractivity contribution in [1.29, 1.82) is 0 Å². The molecule has 19 heavy (non-hydrogen) atoms. The van der Waals surface area contributed by atoms with Crippen molar-refractivity contribution in [2.45, 2.75) is 31.6 Å². The lowest BCUT2D eigenvalue weighted by atomic mass is 9.63. The van der Waals surface area contributed by atoms with Crippen LogP contribution >= 0.6 is 15.9 Å². The van der Waals surface area contributed by atoms with Crippen LogP contribution in [-0.4, -0.2) is 35.6 Å². The highest BCUT2D eigenvalue weighted by Gasteiger charge is 2.47. The lowest BCUT2D eigenvalue weighted by molar-refractivity contribution is -0.141. The molecule has 1 aliphatic carbocycles. The molecule has 0 radical (unpaired) electrons. The number of benzene rings is 1. The first-order valence-corrected chi connectivity index (χ1v) is 7.59. The van der Waals surface area contributed by atoms with Gasteiger partial charge in [-0.25, -0.2) is 0 Å². The molecule has 1 aromatic carbocycles. The second-order valence-electron chi connectivity index (χ2n) is 5.05. The lowest BCUT2D eigenvalue weighted by Gasteiger charge is -2.43. The van der Waals surface area contributed by atoms with Gasteiger partial charge in [0.15, 0.2) is 0 Å². The fraction of sp³-hybridized carbons (Fsp3) is 0.533. The minimum atomic E-state index is -0.355. The highest BCUT2D eigenvalue weighted by Crippen LogP contribution is 2.45. The Morgan fingerprint density at radius 1 is 1.37 bits per heavy atom. The van der Waals surface area contributed by atoms with Gasteiger partial charge in [-0.1, -0.05) is 34.5 Å².